The van der Waals surface area contributed by atoms with Crippen molar-refractivity contribution < 1.29 is 9.90 Å². The van der Waals surface area contributed by atoms with Crippen LogP contribution >= 0.6 is 0 Å². The SMILES string of the molecule is Cc1ccc2c(/C=C(\C#N)c3ccc(C(=O)O)cc3)cn(Cc3ccc(C)nc3)c2c1. The molecule has 0 atom stereocenters. The summed E-state index contributed by atoms with van der Waals surface area (Å²) in [6.45, 7) is 4.70. The Labute approximate surface area is 180 Å². The molecule has 2 aromatic carbocycles. The van der Waals surface area contributed by atoms with E-state index in [2.05, 4.69) is 46.8 Å². The third kappa shape index (κ3) is 4.24. The van der Waals surface area contributed by atoms with Crippen LogP contribution in [0.2, 0.25) is 0 Å². The van der Waals surface area contributed by atoms with Crippen molar-refractivity contribution in [1.29, 1.82) is 5.26 Å². The van der Waals surface area contributed by atoms with Gasteiger partial charge in [-0.3, -0.25) is 4.98 Å². The fraction of sp³-hybridized carbons (Fsp3) is 0.115. The van der Waals surface area contributed by atoms with Gasteiger partial charge >= 0.3 is 5.97 Å². The fourth-order valence-electron chi connectivity index (χ4n) is 3.59. The number of carboxylic acid groups (broad SMARTS) is 1. The molecule has 2 aromatic heterocycles. The normalized spacial score (nSPS) is 11.5. The molecule has 152 valence electrons. The lowest BCUT2D eigenvalue weighted by molar-refractivity contribution is 0.0697. The van der Waals surface area contributed by atoms with Gasteiger partial charge in [0.2, 0.25) is 0 Å². The maximum absolute atomic E-state index is 11.1. The number of carbonyl (C=O) groups is 1. The van der Waals surface area contributed by atoms with Crippen molar-refractivity contribution in [1.82, 2.24) is 9.55 Å². The van der Waals surface area contributed by atoms with Gasteiger partial charge in [0.15, 0.2) is 0 Å². The molecule has 0 amide bonds. The second-order valence-electron chi connectivity index (χ2n) is 7.59. The lowest BCUT2D eigenvalue weighted by Gasteiger charge is -2.06. The molecule has 0 fully saturated rings. The van der Waals surface area contributed by atoms with Gasteiger partial charge in [-0.05, 0) is 60.9 Å². The second kappa shape index (κ2) is 8.29. The minimum absolute atomic E-state index is 0.194. The van der Waals surface area contributed by atoms with Crippen LogP contribution in [0.4, 0.5) is 0 Å². The summed E-state index contributed by atoms with van der Waals surface area (Å²) in [4.78, 5) is 15.5. The summed E-state index contributed by atoms with van der Waals surface area (Å²) in [5.41, 5.74) is 6.63. The summed E-state index contributed by atoms with van der Waals surface area (Å²) in [5, 5.41) is 19.9. The predicted molar refractivity (Wildman–Crippen MR) is 122 cm³/mol. The van der Waals surface area contributed by atoms with E-state index in [1.807, 2.05) is 31.5 Å². The van der Waals surface area contributed by atoms with E-state index in [-0.39, 0.29) is 5.56 Å². The molecular formula is C26H21N3O2. The van der Waals surface area contributed by atoms with E-state index in [1.54, 1.807) is 12.1 Å². The van der Waals surface area contributed by atoms with E-state index in [0.29, 0.717) is 17.7 Å². The molecule has 0 saturated heterocycles. The second-order valence-corrected chi connectivity index (χ2v) is 7.59. The van der Waals surface area contributed by atoms with Crippen molar-refractivity contribution in [3.8, 4) is 6.07 Å². The van der Waals surface area contributed by atoms with Crippen LogP contribution in [0.15, 0.2) is 67.0 Å². The number of carboxylic acids is 1. The van der Waals surface area contributed by atoms with Crippen LogP contribution in [0.1, 0.15) is 38.3 Å². The minimum Gasteiger partial charge on any atom is -0.478 e. The molecule has 4 aromatic rings. The van der Waals surface area contributed by atoms with Gasteiger partial charge in [-0.15, -0.1) is 0 Å². The number of aromatic nitrogens is 2. The zero-order valence-electron chi connectivity index (χ0n) is 17.3. The molecule has 1 N–H and O–H groups in total. The first kappa shape index (κ1) is 20.1. The quantitative estimate of drug-likeness (QED) is 0.445. The number of aromatic carboxylic acids is 1. The maximum Gasteiger partial charge on any atom is 0.335 e. The lowest BCUT2D eigenvalue weighted by Crippen LogP contribution is -1.99. The standard InChI is InChI=1S/C26H21N3O2/c1-17-3-10-24-23(12-22(13-27)20-6-8-21(9-7-20)26(30)31)16-29(25(24)11-17)15-19-5-4-18(2)28-14-19/h3-12,14,16H,15H2,1-2H3,(H,30,31)/b22-12+. The number of aryl methyl sites for hydroxylation is 2. The Bertz CT molecular complexity index is 1340. The summed E-state index contributed by atoms with van der Waals surface area (Å²) in [6.07, 6.45) is 5.79. The lowest BCUT2D eigenvalue weighted by atomic mass is 10.0. The third-order valence-corrected chi connectivity index (χ3v) is 5.26. The first-order valence-electron chi connectivity index (χ1n) is 9.91. The number of fused-ring (bicyclic) bond motifs is 1. The Morgan fingerprint density at radius 2 is 1.84 bits per heavy atom. The van der Waals surface area contributed by atoms with Crippen LogP contribution in [0.25, 0.3) is 22.6 Å². The van der Waals surface area contributed by atoms with Gasteiger partial charge in [-0.2, -0.15) is 5.26 Å². The van der Waals surface area contributed by atoms with Gasteiger partial charge in [-0.25, -0.2) is 4.79 Å². The number of nitriles is 1. The molecular weight excluding hydrogens is 386 g/mol. The zero-order chi connectivity index (χ0) is 22.0. The highest BCUT2D eigenvalue weighted by Crippen LogP contribution is 2.28. The number of hydrogen-bond donors (Lipinski definition) is 1. The minimum atomic E-state index is -0.988. The molecule has 0 spiro atoms. The molecule has 0 aliphatic heterocycles. The highest BCUT2D eigenvalue weighted by molar-refractivity contribution is 5.98. The van der Waals surface area contributed by atoms with Gasteiger partial charge in [0.1, 0.15) is 0 Å². The van der Waals surface area contributed by atoms with E-state index >= 15 is 0 Å². The first-order chi connectivity index (χ1) is 14.9. The molecule has 0 radical (unpaired) electrons. The van der Waals surface area contributed by atoms with Gasteiger partial charge in [-0.1, -0.05) is 30.3 Å². The number of pyridine rings is 1. The third-order valence-electron chi connectivity index (χ3n) is 5.26. The average Bonchev–Trinajstić information content (AvgIpc) is 3.09. The molecule has 5 heteroatoms. The van der Waals surface area contributed by atoms with Crippen molar-refractivity contribution in [2.75, 3.05) is 0 Å². The zero-order valence-corrected chi connectivity index (χ0v) is 17.3. The summed E-state index contributed by atoms with van der Waals surface area (Å²) < 4.78 is 2.17. The smallest absolute Gasteiger partial charge is 0.335 e. The average molecular weight is 407 g/mol. The van der Waals surface area contributed by atoms with Crippen LogP contribution in [0, 0.1) is 25.2 Å². The van der Waals surface area contributed by atoms with E-state index in [9.17, 15) is 10.1 Å². The van der Waals surface area contributed by atoms with E-state index in [0.717, 1.165) is 33.3 Å². The Morgan fingerprint density at radius 1 is 1.10 bits per heavy atom. The summed E-state index contributed by atoms with van der Waals surface area (Å²) in [5.74, 6) is -0.988. The Kier molecular flexibility index (Phi) is 5.38. The van der Waals surface area contributed by atoms with Gasteiger partial charge in [0.05, 0.1) is 17.2 Å². The molecule has 0 bridgehead atoms. The monoisotopic (exact) mass is 407 g/mol. The number of rotatable bonds is 5. The molecule has 31 heavy (non-hydrogen) atoms. The topological polar surface area (TPSA) is 78.9 Å². The summed E-state index contributed by atoms with van der Waals surface area (Å²) in [7, 11) is 0. The van der Waals surface area contributed by atoms with Gasteiger partial charge < -0.3 is 9.67 Å². The van der Waals surface area contributed by atoms with Crippen LogP contribution in [-0.4, -0.2) is 20.6 Å². The summed E-state index contributed by atoms with van der Waals surface area (Å²) in [6, 6.07) is 19.0. The van der Waals surface area contributed by atoms with Crippen molar-refractivity contribution in [2.45, 2.75) is 20.4 Å². The molecule has 2 heterocycles. The molecule has 0 aliphatic carbocycles. The molecule has 0 aliphatic rings. The number of nitrogens with zero attached hydrogens (tertiary/aromatic N) is 3. The van der Waals surface area contributed by atoms with Crippen molar-refractivity contribution in [3.63, 3.8) is 0 Å². The van der Waals surface area contributed by atoms with Gasteiger partial charge in [0.25, 0.3) is 0 Å². The van der Waals surface area contributed by atoms with Crippen molar-refractivity contribution in [3.05, 3.63) is 101 Å². The van der Waals surface area contributed by atoms with Crippen LogP contribution in [0.3, 0.4) is 0 Å². The largest absolute Gasteiger partial charge is 0.478 e. The van der Waals surface area contributed by atoms with Crippen LogP contribution in [-0.2, 0) is 6.54 Å². The van der Waals surface area contributed by atoms with E-state index in [1.165, 1.54) is 12.1 Å². The summed E-state index contributed by atoms with van der Waals surface area (Å²) >= 11 is 0. The van der Waals surface area contributed by atoms with Crippen LogP contribution < -0.4 is 0 Å². The molecule has 0 unspecified atom stereocenters. The first-order valence-corrected chi connectivity index (χ1v) is 9.91. The number of benzene rings is 2. The van der Waals surface area contributed by atoms with E-state index < -0.39 is 5.97 Å². The number of allylic oxidation sites excluding steroid dienone is 1. The molecule has 0 saturated carbocycles. The fourth-order valence-corrected chi connectivity index (χ4v) is 3.59. The number of hydrogen-bond acceptors (Lipinski definition) is 3. The van der Waals surface area contributed by atoms with Crippen molar-refractivity contribution >= 4 is 28.5 Å². The van der Waals surface area contributed by atoms with Crippen LogP contribution in [0.5, 0.6) is 0 Å². The molecule has 4 rings (SSSR count). The Hall–Kier alpha value is -4.17. The Balaban J connectivity index is 1.78. The van der Waals surface area contributed by atoms with E-state index in [4.69, 9.17) is 5.11 Å². The van der Waals surface area contributed by atoms with Gasteiger partial charge in [0, 0.05) is 41.1 Å². The predicted octanol–water partition coefficient (Wildman–Crippen LogP) is 5.46. The highest BCUT2D eigenvalue weighted by atomic mass is 16.4. The highest BCUT2D eigenvalue weighted by Gasteiger charge is 2.11. The maximum atomic E-state index is 11.1. The van der Waals surface area contributed by atoms with Crippen molar-refractivity contribution in [2.24, 2.45) is 0 Å². The molecule has 5 nitrogen and oxygen atoms in total. The Morgan fingerprint density at radius 3 is 2.48 bits per heavy atom.